The van der Waals surface area contributed by atoms with E-state index >= 15 is 0 Å². The van der Waals surface area contributed by atoms with Crippen LogP contribution < -0.4 is 15.4 Å². The lowest BCUT2D eigenvalue weighted by atomic mass is 10.2. The fourth-order valence-corrected chi connectivity index (χ4v) is 2.91. The summed E-state index contributed by atoms with van der Waals surface area (Å²) in [4.78, 5) is 28.9. The van der Waals surface area contributed by atoms with Crippen molar-refractivity contribution >= 4 is 17.5 Å². The van der Waals surface area contributed by atoms with Gasteiger partial charge < -0.3 is 19.9 Å². The van der Waals surface area contributed by atoms with Crippen LogP contribution in [0.3, 0.4) is 0 Å². The van der Waals surface area contributed by atoms with Crippen LogP contribution in [0.1, 0.15) is 16.1 Å². The molecule has 1 aliphatic rings. The number of carbonyl (C=O) groups excluding carboxylic acids is 2. The largest absolute Gasteiger partial charge is 0.489 e. The zero-order valence-electron chi connectivity index (χ0n) is 14.8. The number of carbonyl (C=O) groups is 2. The molecule has 0 spiro atoms. The Bertz CT molecular complexity index is 1030. The Balaban J connectivity index is 1.41. The molecule has 0 bridgehead atoms. The summed E-state index contributed by atoms with van der Waals surface area (Å²) in [7, 11) is 0. The highest BCUT2D eigenvalue weighted by Crippen LogP contribution is 2.26. The van der Waals surface area contributed by atoms with E-state index in [1.807, 2.05) is 0 Å². The third kappa shape index (κ3) is 3.85. The van der Waals surface area contributed by atoms with Crippen LogP contribution in [0.15, 0.2) is 61.1 Å². The van der Waals surface area contributed by atoms with Crippen molar-refractivity contribution in [1.82, 2.24) is 14.9 Å². The average Bonchev–Trinajstić information content (AvgIpc) is 3.08. The van der Waals surface area contributed by atoms with Crippen LogP contribution in [0.4, 0.5) is 10.1 Å². The summed E-state index contributed by atoms with van der Waals surface area (Å²) in [6.45, 7) is 0.388. The first-order chi connectivity index (χ1) is 13.6. The summed E-state index contributed by atoms with van der Waals surface area (Å²) < 4.78 is 20.6. The number of hydrogen-bond donors (Lipinski definition) is 2. The second-order valence-electron chi connectivity index (χ2n) is 6.38. The van der Waals surface area contributed by atoms with Gasteiger partial charge in [-0.15, -0.1) is 0 Å². The van der Waals surface area contributed by atoms with Gasteiger partial charge in [0.25, 0.3) is 11.8 Å². The van der Waals surface area contributed by atoms with Gasteiger partial charge >= 0.3 is 0 Å². The molecule has 142 valence electrons. The summed E-state index contributed by atoms with van der Waals surface area (Å²) in [6.07, 6.45) is 3.03. The van der Waals surface area contributed by atoms with Gasteiger partial charge in [0.1, 0.15) is 29.9 Å². The molecular formula is C20H17FN4O3. The molecule has 0 unspecified atom stereocenters. The zero-order valence-corrected chi connectivity index (χ0v) is 14.8. The lowest BCUT2D eigenvalue weighted by molar-refractivity contribution is -0.118. The summed E-state index contributed by atoms with van der Waals surface area (Å²) in [5.74, 6) is -0.631. The molecule has 1 atom stereocenters. The van der Waals surface area contributed by atoms with Gasteiger partial charge in [0.05, 0.1) is 12.0 Å². The van der Waals surface area contributed by atoms with Crippen LogP contribution >= 0.6 is 0 Å². The number of nitrogens with zero attached hydrogens (tertiary/aromatic N) is 2. The van der Waals surface area contributed by atoms with Crippen molar-refractivity contribution in [2.24, 2.45) is 0 Å². The standard InChI is InChI=1S/C20H17FN4O3/c21-14-5-3-4-13(8-14)9-25-10-16(22-12-25)19(26)24-17-11-28-18-7-2-1-6-15(18)23-20(17)27/h1-8,10,12,17H,9,11H2,(H,23,27)(H,24,26)/t17-/m0/s1. The van der Waals surface area contributed by atoms with Crippen LogP contribution in [0.25, 0.3) is 0 Å². The van der Waals surface area contributed by atoms with Gasteiger partial charge in [0, 0.05) is 12.7 Å². The Morgan fingerprint density at radius 1 is 1.29 bits per heavy atom. The number of benzene rings is 2. The second kappa shape index (κ2) is 7.51. The van der Waals surface area contributed by atoms with Gasteiger partial charge in [-0.05, 0) is 29.8 Å². The van der Waals surface area contributed by atoms with Gasteiger partial charge in [-0.1, -0.05) is 24.3 Å². The number of amides is 2. The van der Waals surface area contributed by atoms with E-state index < -0.39 is 11.9 Å². The van der Waals surface area contributed by atoms with E-state index in [2.05, 4.69) is 15.6 Å². The third-order valence-electron chi connectivity index (χ3n) is 4.29. The van der Waals surface area contributed by atoms with Gasteiger partial charge in [0.2, 0.25) is 0 Å². The number of imidazole rings is 1. The van der Waals surface area contributed by atoms with Crippen molar-refractivity contribution in [2.45, 2.75) is 12.6 Å². The molecule has 2 amide bonds. The topological polar surface area (TPSA) is 85.3 Å². The Morgan fingerprint density at radius 3 is 3.00 bits per heavy atom. The van der Waals surface area contributed by atoms with E-state index in [0.717, 1.165) is 5.56 Å². The summed E-state index contributed by atoms with van der Waals surface area (Å²) in [5, 5.41) is 5.37. The fourth-order valence-electron chi connectivity index (χ4n) is 2.91. The first-order valence-corrected chi connectivity index (χ1v) is 8.68. The second-order valence-corrected chi connectivity index (χ2v) is 6.38. The van der Waals surface area contributed by atoms with Crippen molar-refractivity contribution < 1.29 is 18.7 Å². The Hall–Kier alpha value is -3.68. The monoisotopic (exact) mass is 380 g/mol. The number of fused-ring (bicyclic) bond motifs is 1. The maximum atomic E-state index is 13.3. The van der Waals surface area contributed by atoms with Crippen LogP contribution in [0.2, 0.25) is 0 Å². The number of anilines is 1. The lowest BCUT2D eigenvalue weighted by Crippen LogP contribution is -2.46. The van der Waals surface area contributed by atoms with Gasteiger partial charge in [-0.2, -0.15) is 0 Å². The highest BCUT2D eigenvalue weighted by atomic mass is 19.1. The van der Waals surface area contributed by atoms with Crippen molar-refractivity contribution in [3.8, 4) is 5.75 Å². The molecule has 1 aliphatic heterocycles. The molecule has 0 aliphatic carbocycles. The number of halogens is 1. The molecule has 3 aromatic rings. The van der Waals surface area contributed by atoms with Crippen molar-refractivity contribution in [3.63, 3.8) is 0 Å². The molecule has 0 fully saturated rings. The van der Waals surface area contributed by atoms with Crippen molar-refractivity contribution in [1.29, 1.82) is 0 Å². The van der Waals surface area contributed by atoms with E-state index in [4.69, 9.17) is 4.74 Å². The Morgan fingerprint density at radius 2 is 2.14 bits per heavy atom. The molecule has 0 saturated carbocycles. The van der Waals surface area contributed by atoms with Gasteiger partial charge in [-0.25, -0.2) is 9.37 Å². The van der Waals surface area contributed by atoms with E-state index in [1.54, 1.807) is 47.2 Å². The molecule has 1 aromatic heterocycles. The van der Waals surface area contributed by atoms with Gasteiger partial charge in [0.15, 0.2) is 0 Å². The first kappa shape index (κ1) is 17.7. The Labute approximate surface area is 160 Å². The Kier molecular flexibility index (Phi) is 4.76. The summed E-state index contributed by atoms with van der Waals surface area (Å²) >= 11 is 0. The number of para-hydroxylation sites is 2. The van der Waals surface area contributed by atoms with Crippen LogP contribution in [-0.2, 0) is 11.3 Å². The molecule has 0 radical (unpaired) electrons. The normalized spacial score (nSPS) is 15.8. The predicted octanol–water partition coefficient (Wildman–Crippen LogP) is 2.20. The van der Waals surface area contributed by atoms with E-state index in [-0.39, 0.29) is 24.0 Å². The molecule has 2 N–H and O–H groups in total. The van der Waals surface area contributed by atoms with Crippen molar-refractivity contribution in [2.75, 3.05) is 11.9 Å². The highest BCUT2D eigenvalue weighted by Gasteiger charge is 2.27. The molecule has 28 heavy (non-hydrogen) atoms. The molecule has 4 rings (SSSR count). The first-order valence-electron chi connectivity index (χ1n) is 8.68. The molecule has 2 heterocycles. The van der Waals surface area contributed by atoms with Gasteiger partial charge in [-0.3, -0.25) is 9.59 Å². The third-order valence-corrected chi connectivity index (χ3v) is 4.29. The van der Waals surface area contributed by atoms with Crippen LogP contribution in [0, 0.1) is 5.82 Å². The summed E-state index contributed by atoms with van der Waals surface area (Å²) in [5.41, 5.74) is 1.47. The lowest BCUT2D eigenvalue weighted by Gasteiger charge is -2.13. The quantitative estimate of drug-likeness (QED) is 0.727. The number of nitrogens with one attached hydrogen (secondary N) is 2. The van der Waals surface area contributed by atoms with E-state index in [9.17, 15) is 14.0 Å². The molecule has 8 heteroatoms. The highest BCUT2D eigenvalue weighted by molar-refractivity contribution is 6.01. The number of aromatic nitrogens is 2. The predicted molar refractivity (Wildman–Crippen MR) is 99.5 cm³/mol. The maximum Gasteiger partial charge on any atom is 0.272 e. The SMILES string of the molecule is O=C(N[C@H]1COc2ccccc2NC1=O)c1cn(Cc2cccc(F)c2)cn1. The minimum Gasteiger partial charge on any atom is -0.489 e. The number of ether oxygens (including phenoxy) is 1. The summed E-state index contributed by atoms with van der Waals surface area (Å²) in [6, 6.07) is 12.4. The minimum atomic E-state index is -0.853. The minimum absolute atomic E-state index is 0.0125. The number of hydrogen-bond acceptors (Lipinski definition) is 4. The zero-order chi connectivity index (χ0) is 19.5. The molecule has 2 aromatic carbocycles. The van der Waals surface area contributed by atoms with E-state index in [0.29, 0.717) is 18.0 Å². The maximum absolute atomic E-state index is 13.3. The van der Waals surface area contributed by atoms with E-state index in [1.165, 1.54) is 18.5 Å². The number of rotatable bonds is 4. The fraction of sp³-hybridized carbons (Fsp3) is 0.150. The molecule has 0 saturated heterocycles. The molecule has 7 nitrogen and oxygen atoms in total. The van der Waals surface area contributed by atoms with Crippen LogP contribution in [-0.4, -0.2) is 34.0 Å². The van der Waals surface area contributed by atoms with Crippen molar-refractivity contribution in [3.05, 3.63) is 78.1 Å². The molecular weight excluding hydrogens is 363 g/mol. The average molecular weight is 380 g/mol. The smallest absolute Gasteiger partial charge is 0.272 e. The van der Waals surface area contributed by atoms with Crippen LogP contribution in [0.5, 0.6) is 5.75 Å².